The molecule has 3 nitrogen and oxygen atoms in total. The average molecular weight is 257 g/mol. The molecule has 0 spiro atoms. The molecule has 0 aliphatic carbocycles. The van der Waals surface area contributed by atoms with E-state index in [0.717, 1.165) is 6.42 Å². The third-order valence-corrected chi connectivity index (χ3v) is 2.67. The lowest BCUT2D eigenvalue weighted by atomic mass is 10.1. The number of hydrogen-bond donors (Lipinski definition) is 2. The molecule has 0 fully saturated rings. The van der Waals surface area contributed by atoms with Crippen molar-refractivity contribution in [2.45, 2.75) is 24.3 Å². The molecule has 1 aromatic rings. The van der Waals surface area contributed by atoms with Gasteiger partial charge in [-0.05, 0) is 24.6 Å². The minimum absolute atomic E-state index is 0.00653. The fourth-order valence-corrected chi connectivity index (χ4v) is 1.62. The van der Waals surface area contributed by atoms with Crippen molar-refractivity contribution in [2.24, 2.45) is 0 Å². The van der Waals surface area contributed by atoms with Crippen molar-refractivity contribution in [3.8, 4) is 0 Å². The quantitative estimate of drug-likeness (QED) is 0.794. The highest BCUT2D eigenvalue weighted by molar-refractivity contribution is 7.80. The molecule has 0 saturated heterocycles. The van der Waals surface area contributed by atoms with Crippen molar-refractivity contribution >= 4 is 18.5 Å². The van der Waals surface area contributed by atoms with E-state index in [4.69, 9.17) is 4.74 Å². The topological polar surface area (TPSA) is 38.3 Å². The van der Waals surface area contributed by atoms with Crippen molar-refractivity contribution in [3.63, 3.8) is 0 Å². The molecule has 0 aromatic heterocycles. The molecule has 0 aliphatic heterocycles. The van der Waals surface area contributed by atoms with E-state index >= 15 is 0 Å². The average Bonchev–Trinajstić information content (AvgIpc) is 2.31. The van der Waals surface area contributed by atoms with Crippen LogP contribution in [0.4, 0.5) is 4.39 Å². The molecular weight excluding hydrogens is 241 g/mol. The number of ether oxygens (including phenoxy) is 1. The Labute approximate surface area is 106 Å². The van der Waals surface area contributed by atoms with Crippen LogP contribution in [0.5, 0.6) is 0 Å². The molecule has 0 radical (unpaired) electrons. The van der Waals surface area contributed by atoms with Gasteiger partial charge in [-0.25, -0.2) is 4.39 Å². The van der Waals surface area contributed by atoms with Gasteiger partial charge < -0.3 is 10.1 Å². The second-order valence-electron chi connectivity index (χ2n) is 3.70. The summed E-state index contributed by atoms with van der Waals surface area (Å²) in [6.45, 7) is 2.33. The first-order chi connectivity index (χ1) is 8.08. The Morgan fingerprint density at radius 2 is 2.29 bits per heavy atom. The van der Waals surface area contributed by atoms with Gasteiger partial charge in [0.2, 0.25) is 0 Å². The van der Waals surface area contributed by atoms with E-state index in [1.54, 1.807) is 7.11 Å². The lowest BCUT2D eigenvalue weighted by Gasteiger charge is -2.16. The third kappa shape index (κ3) is 4.02. The van der Waals surface area contributed by atoms with Crippen LogP contribution in [-0.2, 0) is 4.74 Å². The molecule has 1 rings (SSSR count). The van der Waals surface area contributed by atoms with Crippen LogP contribution in [0.1, 0.15) is 23.7 Å². The number of methoxy groups -OCH3 is 1. The summed E-state index contributed by atoms with van der Waals surface area (Å²) >= 11 is 4.08. The minimum Gasteiger partial charge on any atom is -0.383 e. The van der Waals surface area contributed by atoms with E-state index in [9.17, 15) is 9.18 Å². The summed E-state index contributed by atoms with van der Waals surface area (Å²) < 4.78 is 18.4. The molecular formula is C12H16FNO2S. The molecule has 1 aromatic carbocycles. The van der Waals surface area contributed by atoms with Gasteiger partial charge in [-0.1, -0.05) is 6.92 Å². The molecule has 0 bridgehead atoms. The van der Waals surface area contributed by atoms with Crippen LogP contribution in [-0.4, -0.2) is 25.7 Å². The largest absolute Gasteiger partial charge is 0.383 e. The number of carbonyl (C=O) groups excluding carboxylic acids is 1. The number of nitrogens with one attached hydrogen (secondary N) is 1. The first-order valence-corrected chi connectivity index (χ1v) is 5.81. The molecule has 1 N–H and O–H groups in total. The molecule has 1 amide bonds. The number of thiol groups is 1. The van der Waals surface area contributed by atoms with Crippen LogP contribution in [0.2, 0.25) is 0 Å². The van der Waals surface area contributed by atoms with Crippen molar-refractivity contribution in [1.82, 2.24) is 5.32 Å². The summed E-state index contributed by atoms with van der Waals surface area (Å²) in [7, 11) is 1.56. The lowest BCUT2D eigenvalue weighted by molar-refractivity contribution is 0.0890. The number of carbonyl (C=O) groups is 1. The number of benzene rings is 1. The van der Waals surface area contributed by atoms with Gasteiger partial charge in [0.25, 0.3) is 5.91 Å². The highest BCUT2D eigenvalue weighted by atomic mass is 32.1. The second-order valence-corrected chi connectivity index (χ2v) is 4.21. The zero-order chi connectivity index (χ0) is 12.8. The normalized spacial score (nSPS) is 12.2. The maximum Gasteiger partial charge on any atom is 0.254 e. The van der Waals surface area contributed by atoms with Gasteiger partial charge in [0.1, 0.15) is 5.82 Å². The van der Waals surface area contributed by atoms with Crippen LogP contribution in [0.15, 0.2) is 23.1 Å². The van der Waals surface area contributed by atoms with E-state index < -0.39 is 11.7 Å². The van der Waals surface area contributed by atoms with Crippen LogP contribution >= 0.6 is 12.6 Å². The third-order valence-electron chi connectivity index (χ3n) is 2.39. The summed E-state index contributed by atoms with van der Waals surface area (Å²) in [6.07, 6.45) is 0.724. The Morgan fingerprint density at radius 1 is 1.59 bits per heavy atom. The number of amides is 1. The van der Waals surface area contributed by atoms with Gasteiger partial charge in [0.05, 0.1) is 18.2 Å². The standard InChI is InChI=1S/C12H16FNO2S/c1-3-8(7-16-2)14-12(15)10-6-9(17)4-5-11(10)13/h4-6,8,17H,3,7H2,1-2H3,(H,14,15). The Bertz CT molecular complexity index is 398. The first kappa shape index (κ1) is 14.0. The maximum absolute atomic E-state index is 13.4. The van der Waals surface area contributed by atoms with E-state index in [1.165, 1.54) is 18.2 Å². The fourth-order valence-electron chi connectivity index (χ4n) is 1.41. The zero-order valence-corrected chi connectivity index (χ0v) is 10.8. The van der Waals surface area contributed by atoms with Crippen LogP contribution in [0.25, 0.3) is 0 Å². The summed E-state index contributed by atoms with van der Waals surface area (Å²) in [4.78, 5) is 12.4. The monoisotopic (exact) mass is 257 g/mol. The Hall–Kier alpha value is -1.07. The Morgan fingerprint density at radius 3 is 2.88 bits per heavy atom. The smallest absolute Gasteiger partial charge is 0.254 e. The summed E-state index contributed by atoms with van der Waals surface area (Å²) in [6, 6.07) is 4.03. The van der Waals surface area contributed by atoms with Crippen LogP contribution < -0.4 is 5.32 Å². The van der Waals surface area contributed by atoms with Gasteiger partial charge in [-0.15, -0.1) is 12.6 Å². The van der Waals surface area contributed by atoms with Crippen LogP contribution in [0, 0.1) is 5.82 Å². The van der Waals surface area contributed by atoms with Crippen molar-refractivity contribution < 1.29 is 13.9 Å². The van der Waals surface area contributed by atoms with Crippen molar-refractivity contribution in [2.75, 3.05) is 13.7 Å². The van der Waals surface area contributed by atoms with E-state index in [2.05, 4.69) is 17.9 Å². The number of hydrogen-bond acceptors (Lipinski definition) is 3. The van der Waals surface area contributed by atoms with Crippen molar-refractivity contribution in [1.29, 1.82) is 0 Å². The summed E-state index contributed by atoms with van der Waals surface area (Å²) in [5.74, 6) is -0.991. The molecule has 5 heteroatoms. The SMILES string of the molecule is CCC(COC)NC(=O)c1cc(S)ccc1F. The van der Waals surface area contributed by atoms with Gasteiger partial charge in [0.15, 0.2) is 0 Å². The number of halogens is 1. The highest BCUT2D eigenvalue weighted by Gasteiger charge is 2.15. The second kappa shape index (κ2) is 6.61. The highest BCUT2D eigenvalue weighted by Crippen LogP contribution is 2.13. The molecule has 0 aliphatic rings. The fraction of sp³-hybridized carbons (Fsp3) is 0.417. The number of rotatable bonds is 5. The van der Waals surface area contributed by atoms with E-state index in [0.29, 0.717) is 11.5 Å². The van der Waals surface area contributed by atoms with E-state index in [-0.39, 0.29) is 11.6 Å². The molecule has 1 unspecified atom stereocenters. The Balaban J connectivity index is 2.78. The zero-order valence-electron chi connectivity index (χ0n) is 9.87. The van der Waals surface area contributed by atoms with Crippen LogP contribution in [0.3, 0.4) is 0 Å². The molecule has 0 heterocycles. The van der Waals surface area contributed by atoms with Crippen molar-refractivity contribution in [3.05, 3.63) is 29.6 Å². The summed E-state index contributed by atoms with van der Waals surface area (Å²) in [5, 5.41) is 2.71. The minimum atomic E-state index is -0.549. The molecule has 17 heavy (non-hydrogen) atoms. The van der Waals surface area contributed by atoms with E-state index in [1.807, 2.05) is 6.92 Å². The predicted octanol–water partition coefficient (Wildman–Crippen LogP) is 2.27. The molecule has 1 atom stereocenters. The molecule has 94 valence electrons. The van der Waals surface area contributed by atoms with Gasteiger partial charge in [0, 0.05) is 12.0 Å². The lowest BCUT2D eigenvalue weighted by Crippen LogP contribution is -2.37. The molecule has 0 saturated carbocycles. The predicted molar refractivity (Wildman–Crippen MR) is 67.1 cm³/mol. The Kier molecular flexibility index (Phi) is 5.44. The maximum atomic E-state index is 13.4. The van der Waals surface area contributed by atoms with Gasteiger partial charge >= 0.3 is 0 Å². The van der Waals surface area contributed by atoms with Gasteiger partial charge in [-0.3, -0.25) is 4.79 Å². The first-order valence-electron chi connectivity index (χ1n) is 5.36. The van der Waals surface area contributed by atoms with Gasteiger partial charge in [-0.2, -0.15) is 0 Å². The summed E-state index contributed by atoms with van der Waals surface area (Å²) in [5.41, 5.74) is 0.00653.